The molecule has 0 radical (unpaired) electrons. The van der Waals surface area contributed by atoms with Gasteiger partial charge in [0.25, 0.3) is 0 Å². The van der Waals surface area contributed by atoms with Gasteiger partial charge >= 0.3 is 0 Å². The highest BCUT2D eigenvalue weighted by Crippen LogP contribution is 2.12. The van der Waals surface area contributed by atoms with Crippen LogP contribution >= 0.6 is 11.3 Å². The summed E-state index contributed by atoms with van der Waals surface area (Å²) in [6, 6.07) is 4.31. The molecule has 0 saturated carbocycles. The Hall–Kier alpha value is -0.340. The first-order chi connectivity index (χ1) is 10.9. The molecule has 22 heavy (non-hydrogen) atoms. The smallest absolute Gasteiger partial charge is 0.0514 e. The molecule has 0 saturated heterocycles. The van der Waals surface area contributed by atoms with Gasteiger partial charge in [0.1, 0.15) is 0 Å². The van der Waals surface area contributed by atoms with Crippen LogP contribution in [0.25, 0.3) is 0 Å². The van der Waals surface area contributed by atoms with E-state index in [1.54, 1.807) is 0 Å². The van der Waals surface area contributed by atoms with Crippen molar-refractivity contribution >= 4 is 11.3 Å². The van der Waals surface area contributed by atoms with Gasteiger partial charge in [-0.1, -0.05) is 83.6 Å². The Morgan fingerprint density at radius 3 is 1.91 bits per heavy atom. The minimum atomic E-state index is 0.887. The van der Waals surface area contributed by atoms with Crippen molar-refractivity contribution in [2.24, 2.45) is 0 Å². The Morgan fingerprint density at radius 2 is 1.36 bits per heavy atom. The van der Waals surface area contributed by atoms with E-state index in [1.165, 1.54) is 81.9 Å². The van der Waals surface area contributed by atoms with Crippen molar-refractivity contribution in [1.82, 2.24) is 0 Å². The van der Waals surface area contributed by atoms with Crippen LogP contribution < -0.4 is 0 Å². The predicted molar refractivity (Wildman–Crippen MR) is 99.9 cm³/mol. The van der Waals surface area contributed by atoms with Crippen LogP contribution in [-0.2, 0) is 11.2 Å². The normalized spacial score (nSPS) is 11.1. The lowest BCUT2D eigenvalue weighted by atomic mass is 10.1. The van der Waals surface area contributed by atoms with Gasteiger partial charge in [-0.25, -0.2) is 0 Å². The highest BCUT2D eigenvalue weighted by atomic mass is 32.1. The molecule has 0 aliphatic rings. The van der Waals surface area contributed by atoms with Crippen molar-refractivity contribution < 1.29 is 4.74 Å². The summed E-state index contributed by atoms with van der Waals surface area (Å²) in [6.07, 6.45) is 18.0. The molecule has 1 heterocycles. The maximum Gasteiger partial charge on any atom is 0.0514 e. The van der Waals surface area contributed by atoms with Crippen LogP contribution in [0.5, 0.6) is 0 Å². The topological polar surface area (TPSA) is 9.23 Å². The molecule has 2 heteroatoms. The van der Waals surface area contributed by atoms with Crippen LogP contribution in [0.1, 0.15) is 88.9 Å². The first-order valence-electron chi connectivity index (χ1n) is 9.53. The molecular weight excluding hydrogens is 288 g/mol. The second-order valence-corrected chi connectivity index (χ2v) is 7.36. The molecule has 0 aliphatic heterocycles. The number of hydrogen-bond donors (Lipinski definition) is 0. The monoisotopic (exact) mass is 324 g/mol. The molecule has 0 aliphatic carbocycles. The Labute approximate surface area is 142 Å². The molecule has 0 aromatic carbocycles. The quantitative estimate of drug-likeness (QED) is 0.297. The molecule has 1 aromatic rings. The first kappa shape index (κ1) is 19.7. The SMILES string of the molecule is CCCCCCCCCCCCCCOCCc1cccs1. The minimum absolute atomic E-state index is 0.887. The van der Waals surface area contributed by atoms with E-state index in [9.17, 15) is 0 Å². The van der Waals surface area contributed by atoms with Gasteiger partial charge in [0.15, 0.2) is 0 Å². The number of unbranched alkanes of at least 4 members (excludes halogenated alkanes) is 11. The van der Waals surface area contributed by atoms with E-state index in [1.807, 2.05) is 11.3 Å². The maximum absolute atomic E-state index is 5.71. The van der Waals surface area contributed by atoms with Crippen LogP contribution in [0.2, 0.25) is 0 Å². The third-order valence-corrected chi connectivity index (χ3v) is 5.15. The fraction of sp³-hybridized carbons (Fsp3) is 0.800. The molecular formula is C20H36OS. The largest absolute Gasteiger partial charge is 0.381 e. The second-order valence-electron chi connectivity index (χ2n) is 6.33. The van der Waals surface area contributed by atoms with Gasteiger partial charge in [-0.15, -0.1) is 11.3 Å². The molecule has 0 amide bonds. The van der Waals surface area contributed by atoms with Crippen molar-refractivity contribution in [1.29, 1.82) is 0 Å². The van der Waals surface area contributed by atoms with Crippen LogP contribution in [-0.4, -0.2) is 13.2 Å². The molecule has 0 fully saturated rings. The fourth-order valence-corrected chi connectivity index (χ4v) is 3.47. The molecule has 1 aromatic heterocycles. The van der Waals surface area contributed by atoms with Crippen LogP contribution in [0.15, 0.2) is 17.5 Å². The molecule has 0 spiro atoms. The van der Waals surface area contributed by atoms with Crippen molar-refractivity contribution in [2.75, 3.05) is 13.2 Å². The molecule has 1 nitrogen and oxygen atoms in total. The van der Waals surface area contributed by atoms with Crippen LogP contribution in [0.4, 0.5) is 0 Å². The highest BCUT2D eigenvalue weighted by Gasteiger charge is 1.95. The van der Waals surface area contributed by atoms with Crippen LogP contribution in [0.3, 0.4) is 0 Å². The summed E-state index contributed by atoms with van der Waals surface area (Å²) < 4.78 is 5.71. The number of hydrogen-bond acceptors (Lipinski definition) is 2. The van der Waals surface area contributed by atoms with E-state index in [0.29, 0.717) is 0 Å². The van der Waals surface area contributed by atoms with Gasteiger partial charge in [-0.2, -0.15) is 0 Å². The maximum atomic E-state index is 5.71. The van der Waals surface area contributed by atoms with Gasteiger partial charge < -0.3 is 4.74 Å². The standard InChI is InChI=1S/C20H36OS/c1-2-3-4-5-6-7-8-9-10-11-12-13-17-21-18-16-20-15-14-19-22-20/h14-15,19H,2-13,16-18H2,1H3. The van der Waals surface area contributed by atoms with E-state index in [0.717, 1.165) is 19.6 Å². The van der Waals surface area contributed by atoms with E-state index < -0.39 is 0 Å². The zero-order valence-electron chi connectivity index (χ0n) is 14.7. The zero-order valence-corrected chi connectivity index (χ0v) is 15.5. The number of thiophene rings is 1. The molecule has 1 rings (SSSR count). The molecule has 0 N–H and O–H groups in total. The molecule has 0 bridgehead atoms. The van der Waals surface area contributed by atoms with Gasteiger partial charge in [0.2, 0.25) is 0 Å². The van der Waals surface area contributed by atoms with Gasteiger partial charge in [0, 0.05) is 17.9 Å². The minimum Gasteiger partial charge on any atom is -0.381 e. The third kappa shape index (κ3) is 12.2. The van der Waals surface area contributed by atoms with Crippen molar-refractivity contribution in [2.45, 2.75) is 90.4 Å². The van der Waals surface area contributed by atoms with E-state index >= 15 is 0 Å². The summed E-state index contributed by atoms with van der Waals surface area (Å²) in [4.78, 5) is 1.44. The van der Waals surface area contributed by atoms with Gasteiger partial charge in [-0.05, 0) is 17.9 Å². The van der Waals surface area contributed by atoms with E-state index in [4.69, 9.17) is 4.74 Å². The highest BCUT2D eigenvalue weighted by molar-refractivity contribution is 7.09. The Kier molecular flexibility index (Phi) is 13.9. The first-order valence-corrected chi connectivity index (χ1v) is 10.4. The molecule has 0 atom stereocenters. The lowest BCUT2D eigenvalue weighted by Crippen LogP contribution is -1.99. The average Bonchev–Trinajstić information content (AvgIpc) is 3.04. The summed E-state index contributed by atoms with van der Waals surface area (Å²) in [6.45, 7) is 4.12. The van der Waals surface area contributed by atoms with Gasteiger partial charge in [-0.3, -0.25) is 0 Å². The lowest BCUT2D eigenvalue weighted by molar-refractivity contribution is 0.133. The Bertz CT molecular complexity index is 308. The summed E-state index contributed by atoms with van der Waals surface area (Å²) in [5, 5.41) is 2.14. The fourth-order valence-electron chi connectivity index (χ4n) is 2.77. The van der Waals surface area contributed by atoms with E-state index in [-0.39, 0.29) is 0 Å². The van der Waals surface area contributed by atoms with Crippen LogP contribution in [0, 0.1) is 0 Å². The van der Waals surface area contributed by atoms with Crippen molar-refractivity contribution in [3.8, 4) is 0 Å². The lowest BCUT2D eigenvalue weighted by Gasteiger charge is -2.04. The molecule has 128 valence electrons. The second kappa shape index (κ2) is 15.6. The zero-order chi connectivity index (χ0) is 15.7. The van der Waals surface area contributed by atoms with Crippen molar-refractivity contribution in [3.63, 3.8) is 0 Å². The van der Waals surface area contributed by atoms with Crippen molar-refractivity contribution in [3.05, 3.63) is 22.4 Å². The summed E-state index contributed by atoms with van der Waals surface area (Å²) in [5.41, 5.74) is 0. The van der Waals surface area contributed by atoms with Gasteiger partial charge in [0.05, 0.1) is 6.61 Å². The Morgan fingerprint density at radius 1 is 0.773 bits per heavy atom. The average molecular weight is 325 g/mol. The third-order valence-electron chi connectivity index (χ3n) is 4.22. The summed E-state index contributed by atoms with van der Waals surface area (Å²) in [7, 11) is 0. The predicted octanol–water partition coefficient (Wildman–Crippen LogP) is 7.01. The number of ether oxygens (including phenoxy) is 1. The van der Waals surface area contributed by atoms with E-state index in [2.05, 4.69) is 24.4 Å². The molecule has 0 unspecified atom stereocenters. The number of rotatable bonds is 16. The summed E-state index contributed by atoms with van der Waals surface area (Å²) >= 11 is 1.83. The summed E-state index contributed by atoms with van der Waals surface area (Å²) in [5.74, 6) is 0. The Balaban J connectivity index is 1.68.